The molecule has 1 aromatic rings. The number of rotatable bonds is 2. The molecule has 0 unspecified atom stereocenters. The quantitative estimate of drug-likeness (QED) is 0.838. The van der Waals surface area contributed by atoms with Crippen LogP contribution in [0.4, 0.5) is 0 Å². The predicted octanol–water partition coefficient (Wildman–Crippen LogP) is 1.61. The molecule has 0 radical (unpaired) electrons. The maximum atomic E-state index is 11.6. The van der Waals surface area contributed by atoms with Crippen molar-refractivity contribution < 1.29 is 9.90 Å². The summed E-state index contributed by atoms with van der Waals surface area (Å²) in [5, 5.41) is 9.06. The van der Waals surface area contributed by atoms with E-state index < -0.39 is 5.97 Å². The molecule has 1 N–H and O–H groups in total. The Morgan fingerprint density at radius 3 is 2.47 bits per heavy atom. The van der Waals surface area contributed by atoms with Crippen molar-refractivity contribution in [1.29, 1.82) is 0 Å². The maximum absolute atomic E-state index is 11.6. The normalized spacial score (nSPS) is 10.4. The van der Waals surface area contributed by atoms with Crippen LogP contribution in [0.1, 0.15) is 28.5 Å². The van der Waals surface area contributed by atoms with Crippen LogP contribution in [-0.2, 0) is 13.5 Å². The van der Waals surface area contributed by atoms with E-state index in [1.807, 2.05) is 0 Å². The zero-order valence-electron chi connectivity index (χ0n) is 8.80. The van der Waals surface area contributed by atoms with Gasteiger partial charge in [0.25, 0.3) is 5.56 Å². The van der Waals surface area contributed by atoms with E-state index in [1.54, 1.807) is 14.0 Å². The van der Waals surface area contributed by atoms with Crippen LogP contribution in [0.2, 0.25) is 5.02 Å². The number of halogens is 1. The highest BCUT2D eigenvalue weighted by molar-refractivity contribution is 6.34. The monoisotopic (exact) mass is 229 g/mol. The second-order valence-corrected chi connectivity index (χ2v) is 3.66. The van der Waals surface area contributed by atoms with E-state index >= 15 is 0 Å². The second-order valence-electron chi connectivity index (χ2n) is 3.28. The van der Waals surface area contributed by atoms with E-state index in [2.05, 4.69) is 0 Å². The van der Waals surface area contributed by atoms with Crippen molar-refractivity contribution in [3.8, 4) is 0 Å². The molecule has 0 aliphatic rings. The van der Waals surface area contributed by atoms with Crippen molar-refractivity contribution in [1.82, 2.24) is 4.57 Å². The Morgan fingerprint density at radius 1 is 1.53 bits per heavy atom. The van der Waals surface area contributed by atoms with Crippen LogP contribution in [0.15, 0.2) is 4.79 Å². The minimum absolute atomic E-state index is 0.0266. The third-order valence-electron chi connectivity index (χ3n) is 2.42. The third kappa shape index (κ3) is 1.77. The number of nitrogens with zero attached hydrogens (tertiary/aromatic N) is 1. The van der Waals surface area contributed by atoms with Crippen molar-refractivity contribution in [2.75, 3.05) is 0 Å². The summed E-state index contributed by atoms with van der Waals surface area (Å²) in [6, 6.07) is 0. The molecule has 1 aromatic heterocycles. The smallest absolute Gasteiger partial charge is 0.339 e. The summed E-state index contributed by atoms with van der Waals surface area (Å²) in [6.07, 6.45) is 0.452. The fourth-order valence-corrected chi connectivity index (χ4v) is 1.85. The number of aromatic nitrogens is 1. The molecule has 0 bridgehead atoms. The molecule has 82 valence electrons. The lowest BCUT2D eigenvalue weighted by Crippen LogP contribution is -2.26. The lowest BCUT2D eigenvalue weighted by molar-refractivity contribution is 0.0694. The van der Waals surface area contributed by atoms with Crippen LogP contribution in [0, 0.1) is 6.92 Å². The maximum Gasteiger partial charge on any atom is 0.339 e. The van der Waals surface area contributed by atoms with Crippen molar-refractivity contribution in [2.45, 2.75) is 20.3 Å². The molecule has 0 saturated heterocycles. The van der Waals surface area contributed by atoms with Crippen LogP contribution in [0.3, 0.4) is 0 Å². The van der Waals surface area contributed by atoms with Crippen molar-refractivity contribution in [3.05, 3.63) is 32.2 Å². The first-order valence-corrected chi connectivity index (χ1v) is 4.90. The summed E-state index contributed by atoms with van der Waals surface area (Å²) in [5.74, 6) is -1.10. The highest BCUT2D eigenvalue weighted by Gasteiger charge is 2.20. The Bertz CT molecular complexity index is 477. The van der Waals surface area contributed by atoms with Gasteiger partial charge >= 0.3 is 5.97 Å². The number of hydrogen-bond donors (Lipinski definition) is 1. The van der Waals surface area contributed by atoms with Gasteiger partial charge in [-0.05, 0) is 13.3 Å². The minimum atomic E-state index is -1.10. The number of pyridine rings is 1. The Hall–Kier alpha value is -1.29. The first kappa shape index (κ1) is 11.8. The van der Waals surface area contributed by atoms with Gasteiger partial charge in [-0.2, -0.15) is 0 Å². The SMILES string of the molecule is CCc1c(C(=O)O)c(Cl)c(C)c(=O)n1C. The van der Waals surface area contributed by atoms with Gasteiger partial charge in [-0.3, -0.25) is 4.79 Å². The molecule has 15 heavy (non-hydrogen) atoms. The summed E-state index contributed by atoms with van der Waals surface area (Å²) in [5.41, 5.74) is 0.498. The molecule has 0 aliphatic carbocycles. The zero-order chi connectivity index (χ0) is 11.7. The summed E-state index contributed by atoms with van der Waals surface area (Å²) in [7, 11) is 1.55. The zero-order valence-corrected chi connectivity index (χ0v) is 9.55. The van der Waals surface area contributed by atoms with Gasteiger partial charge in [0.2, 0.25) is 0 Å². The standard InChI is InChI=1S/C10H12ClNO3/c1-4-6-7(10(14)15)8(11)5(2)9(13)12(6)3/h4H2,1-3H3,(H,14,15). The Kier molecular flexibility index (Phi) is 3.19. The highest BCUT2D eigenvalue weighted by atomic mass is 35.5. The molecule has 0 aromatic carbocycles. The largest absolute Gasteiger partial charge is 0.478 e. The van der Waals surface area contributed by atoms with Gasteiger partial charge in [-0.1, -0.05) is 18.5 Å². The third-order valence-corrected chi connectivity index (χ3v) is 2.89. The molecule has 0 atom stereocenters. The molecular formula is C10H12ClNO3. The first-order chi connectivity index (χ1) is 6.91. The highest BCUT2D eigenvalue weighted by Crippen LogP contribution is 2.21. The van der Waals surface area contributed by atoms with Gasteiger partial charge in [0.05, 0.1) is 10.6 Å². The second kappa shape index (κ2) is 4.06. The number of carboxylic acids is 1. The lowest BCUT2D eigenvalue weighted by Gasteiger charge is -2.13. The van der Waals surface area contributed by atoms with Gasteiger partial charge in [0.15, 0.2) is 0 Å². The fraction of sp³-hybridized carbons (Fsp3) is 0.400. The summed E-state index contributed by atoms with van der Waals surface area (Å²) in [6.45, 7) is 3.31. The van der Waals surface area contributed by atoms with Gasteiger partial charge in [0.1, 0.15) is 0 Å². The minimum Gasteiger partial charge on any atom is -0.478 e. The molecular weight excluding hydrogens is 218 g/mol. The van der Waals surface area contributed by atoms with Crippen LogP contribution >= 0.6 is 11.6 Å². The molecule has 1 heterocycles. The number of hydrogen-bond acceptors (Lipinski definition) is 2. The molecule has 0 spiro atoms. The van der Waals surface area contributed by atoms with E-state index in [1.165, 1.54) is 11.5 Å². The van der Waals surface area contributed by atoms with E-state index in [4.69, 9.17) is 16.7 Å². The lowest BCUT2D eigenvalue weighted by atomic mass is 10.1. The van der Waals surface area contributed by atoms with E-state index in [-0.39, 0.29) is 21.7 Å². The Labute approximate surface area is 92.1 Å². The van der Waals surface area contributed by atoms with Crippen molar-refractivity contribution >= 4 is 17.6 Å². The Balaban J connectivity index is 3.78. The molecule has 4 nitrogen and oxygen atoms in total. The molecule has 0 amide bonds. The van der Waals surface area contributed by atoms with Crippen LogP contribution in [0.25, 0.3) is 0 Å². The number of carbonyl (C=O) groups is 1. The Morgan fingerprint density at radius 2 is 2.07 bits per heavy atom. The number of aromatic carboxylic acids is 1. The molecule has 0 saturated carbocycles. The summed E-state index contributed by atoms with van der Waals surface area (Å²) >= 11 is 5.86. The number of carboxylic acid groups (broad SMARTS) is 1. The molecule has 0 aliphatic heterocycles. The molecule has 0 fully saturated rings. The van der Waals surface area contributed by atoms with Crippen LogP contribution in [-0.4, -0.2) is 15.6 Å². The van der Waals surface area contributed by atoms with Gasteiger partial charge in [-0.25, -0.2) is 4.79 Å². The van der Waals surface area contributed by atoms with Crippen molar-refractivity contribution in [3.63, 3.8) is 0 Å². The first-order valence-electron chi connectivity index (χ1n) is 4.53. The molecule has 5 heteroatoms. The average molecular weight is 230 g/mol. The van der Waals surface area contributed by atoms with Crippen molar-refractivity contribution in [2.24, 2.45) is 7.05 Å². The van der Waals surface area contributed by atoms with Crippen LogP contribution in [0.5, 0.6) is 0 Å². The predicted molar refractivity (Wildman–Crippen MR) is 57.8 cm³/mol. The van der Waals surface area contributed by atoms with E-state index in [9.17, 15) is 9.59 Å². The average Bonchev–Trinajstić information content (AvgIpc) is 2.19. The van der Waals surface area contributed by atoms with Gasteiger partial charge < -0.3 is 9.67 Å². The van der Waals surface area contributed by atoms with E-state index in [0.29, 0.717) is 12.1 Å². The fourth-order valence-electron chi connectivity index (χ4n) is 1.58. The van der Waals surface area contributed by atoms with Gasteiger partial charge in [0, 0.05) is 18.3 Å². The topological polar surface area (TPSA) is 59.3 Å². The summed E-state index contributed by atoms with van der Waals surface area (Å²) < 4.78 is 1.34. The van der Waals surface area contributed by atoms with E-state index in [0.717, 1.165) is 0 Å². The molecule has 1 rings (SSSR count). The van der Waals surface area contributed by atoms with Gasteiger partial charge in [-0.15, -0.1) is 0 Å². The summed E-state index contributed by atoms with van der Waals surface area (Å²) in [4.78, 5) is 22.6. The van der Waals surface area contributed by atoms with Crippen LogP contribution < -0.4 is 5.56 Å².